The zero-order valence-electron chi connectivity index (χ0n) is 13.6. The largest absolute Gasteiger partial charge is 0.450 e. The fourth-order valence-electron chi connectivity index (χ4n) is 2.24. The number of ether oxygens (including phenoxy) is 1. The van der Waals surface area contributed by atoms with Crippen LogP contribution < -0.4 is 5.32 Å². The van der Waals surface area contributed by atoms with Crippen molar-refractivity contribution in [2.45, 2.75) is 20.8 Å². The molecule has 8 nitrogen and oxygen atoms in total. The van der Waals surface area contributed by atoms with E-state index in [1.54, 1.807) is 21.6 Å². The zero-order valence-corrected chi connectivity index (χ0v) is 13.6. The van der Waals surface area contributed by atoms with E-state index in [-0.39, 0.29) is 24.6 Å². The van der Waals surface area contributed by atoms with Crippen LogP contribution in [0.25, 0.3) is 0 Å². The van der Waals surface area contributed by atoms with E-state index in [0.29, 0.717) is 45.9 Å². The third kappa shape index (κ3) is 5.09. The van der Waals surface area contributed by atoms with Gasteiger partial charge in [-0.15, -0.1) is 0 Å². The lowest BCUT2D eigenvalue weighted by Crippen LogP contribution is -2.53. The fraction of sp³-hybridized carbons (Fsp3) is 0.786. The number of nitrogens with zero attached hydrogens (tertiary/aromatic N) is 3. The minimum Gasteiger partial charge on any atom is -0.450 e. The quantitative estimate of drug-likeness (QED) is 0.793. The lowest BCUT2D eigenvalue weighted by molar-refractivity contribution is -0.131. The number of rotatable bonds is 5. The van der Waals surface area contributed by atoms with Gasteiger partial charge in [-0.05, 0) is 20.8 Å². The molecule has 1 rings (SSSR count). The van der Waals surface area contributed by atoms with Crippen molar-refractivity contribution in [2.75, 3.05) is 52.4 Å². The number of hydrogen-bond acceptors (Lipinski definition) is 4. The molecule has 0 radical (unpaired) electrons. The molecule has 0 bridgehead atoms. The molecular weight excluding hydrogens is 288 g/mol. The maximum Gasteiger partial charge on any atom is 0.409 e. The first kappa shape index (κ1) is 18.1. The summed E-state index contributed by atoms with van der Waals surface area (Å²) in [6.07, 6.45) is -0.343. The van der Waals surface area contributed by atoms with E-state index >= 15 is 0 Å². The molecule has 1 aliphatic rings. The summed E-state index contributed by atoms with van der Waals surface area (Å²) in [6.45, 7) is 8.89. The summed E-state index contributed by atoms with van der Waals surface area (Å²) in [4.78, 5) is 40.3. The van der Waals surface area contributed by atoms with Gasteiger partial charge in [0.05, 0.1) is 13.2 Å². The topological polar surface area (TPSA) is 82.2 Å². The molecule has 0 aromatic heterocycles. The van der Waals surface area contributed by atoms with Gasteiger partial charge in [-0.1, -0.05) is 0 Å². The van der Waals surface area contributed by atoms with Gasteiger partial charge in [0.2, 0.25) is 5.91 Å². The van der Waals surface area contributed by atoms with E-state index in [2.05, 4.69) is 5.32 Å². The predicted octanol–water partition coefficient (Wildman–Crippen LogP) is 0.339. The maximum absolute atomic E-state index is 12.1. The minimum atomic E-state index is -0.343. The van der Waals surface area contributed by atoms with Crippen molar-refractivity contribution in [1.29, 1.82) is 0 Å². The van der Waals surface area contributed by atoms with Gasteiger partial charge in [0, 0.05) is 39.3 Å². The van der Waals surface area contributed by atoms with Crippen LogP contribution in [0.5, 0.6) is 0 Å². The molecule has 0 unspecified atom stereocenters. The van der Waals surface area contributed by atoms with Crippen LogP contribution in [-0.2, 0) is 9.53 Å². The van der Waals surface area contributed by atoms with Crippen LogP contribution in [0.15, 0.2) is 0 Å². The molecule has 1 fully saturated rings. The molecule has 126 valence electrons. The van der Waals surface area contributed by atoms with Crippen LogP contribution in [0.2, 0.25) is 0 Å². The summed E-state index contributed by atoms with van der Waals surface area (Å²) < 4.78 is 4.93. The van der Waals surface area contributed by atoms with Crippen molar-refractivity contribution < 1.29 is 19.1 Å². The molecule has 1 N–H and O–H groups in total. The summed E-state index contributed by atoms with van der Waals surface area (Å²) in [5, 5.41) is 2.63. The molecule has 0 aromatic carbocycles. The normalized spacial score (nSPS) is 14.5. The second-order valence-corrected chi connectivity index (χ2v) is 4.90. The molecule has 0 atom stereocenters. The highest BCUT2D eigenvalue weighted by Gasteiger charge is 2.25. The van der Waals surface area contributed by atoms with Crippen molar-refractivity contribution in [1.82, 2.24) is 20.0 Å². The molecule has 0 aliphatic carbocycles. The SMILES string of the molecule is CCOC(=O)N1CCN(C(=O)CNC(=O)N(CC)CC)CC1. The van der Waals surface area contributed by atoms with E-state index < -0.39 is 0 Å². The van der Waals surface area contributed by atoms with Gasteiger partial charge in [-0.25, -0.2) is 9.59 Å². The van der Waals surface area contributed by atoms with Crippen LogP contribution >= 0.6 is 0 Å². The third-order valence-corrected chi connectivity index (χ3v) is 3.60. The monoisotopic (exact) mass is 314 g/mol. The number of amides is 4. The summed E-state index contributed by atoms with van der Waals surface area (Å²) in [5.41, 5.74) is 0. The van der Waals surface area contributed by atoms with Crippen molar-refractivity contribution in [2.24, 2.45) is 0 Å². The Morgan fingerprint density at radius 1 is 1.00 bits per heavy atom. The number of piperazine rings is 1. The average molecular weight is 314 g/mol. The van der Waals surface area contributed by atoms with Crippen LogP contribution in [0, 0.1) is 0 Å². The van der Waals surface area contributed by atoms with Gasteiger partial charge in [-0.3, -0.25) is 4.79 Å². The Kier molecular flexibility index (Phi) is 7.48. The van der Waals surface area contributed by atoms with Crippen molar-refractivity contribution >= 4 is 18.0 Å². The van der Waals surface area contributed by atoms with E-state index in [9.17, 15) is 14.4 Å². The van der Waals surface area contributed by atoms with Crippen LogP contribution in [-0.4, -0.2) is 85.2 Å². The van der Waals surface area contributed by atoms with Crippen LogP contribution in [0.1, 0.15) is 20.8 Å². The second-order valence-electron chi connectivity index (χ2n) is 4.90. The minimum absolute atomic E-state index is 0.0191. The highest BCUT2D eigenvalue weighted by atomic mass is 16.6. The first-order chi connectivity index (χ1) is 10.5. The Bertz CT molecular complexity index is 390. The Labute approximate surface area is 131 Å². The van der Waals surface area contributed by atoms with Crippen molar-refractivity contribution in [3.8, 4) is 0 Å². The molecule has 8 heteroatoms. The van der Waals surface area contributed by atoms with Crippen molar-refractivity contribution in [3.63, 3.8) is 0 Å². The third-order valence-electron chi connectivity index (χ3n) is 3.60. The Morgan fingerprint density at radius 3 is 2.05 bits per heavy atom. The van der Waals surface area contributed by atoms with Gasteiger partial charge < -0.3 is 24.8 Å². The number of carbonyl (C=O) groups is 3. The maximum atomic E-state index is 12.1. The van der Waals surface area contributed by atoms with Crippen LogP contribution in [0.3, 0.4) is 0 Å². The lowest BCUT2D eigenvalue weighted by Gasteiger charge is -2.34. The predicted molar refractivity (Wildman–Crippen MR) is 81.5 cm³/mol. The van der Waals surface area contributed by atoms with E-state index in [0.717, 1.165) is 0 Å². The molecular formula is C14H26N4O4. The first-order valence-electron chi connectivity index (χ1n) is 7.75. The van der Waals surface area contributed by atoms with E-state index in [1.165, 1.54) is 0 Å². The standard InChI is InChI=1S/C14H26N4O4/c1-4-16(5-2)13(20)15-11-12(19)17-7-9-18(10-8-17)14(21)22-6-3/h4-11H2,1-3H3,(H,15,20). The van der Waals surface area contributed by atoms with E-state index in [4.69, 9.17) is 4.74 Å². The molecule has 0 aromatic rings. The highest BCUT2D eigenvalue weighted by molar-refractivity contribution is 5.84. The molecule has 1 saturated heterocycles. The summed E-state index contributed by atoms with van der Waals surface area (Å²) in [6, 6.07) is -0.233. The number of carbonyl (C=O) groups excluding carboxylic acids is 3. The van der Waals surface area contributed by atoms with Gasteiger partial charge in [-0.2, -0.15) is 0 Å². The average Bonchev–Trinajstić information content (AvgIpc) is 2.54. The number of urea groups is 1. The van der Waals surface area contributed by atoms with Crippen molar-refractivity contribution in [3.05, 3.63) is 0 Å². The molecule has 1 heterocycles. The molecule has 0 spiro atoms. The second kappa shape index (κ2) is 9.11. The fourth-order valence-corrected chi connectivity index (χ4v) is 2.24. The van der Waals surface area contributed by atoms with E-state index in [1.807, 2.05) is 13.8 Å². The Morgan fingerprint density at radius 2 is 1.55 bits per heavy atom. The summed E-state index contributed by atoms with van der Waals surface area (Å²) >= 11 is 0. The van der Waals surface area contributed by atoms with Gasteiger partial charge in [0.15, 0.2) is 0 Å². The first-order valence-corrected chi connectivity index (χ1v) is 7.75. The van der Waals surface area contributed by atoms with Gasteiger partial charge in [0.1, 0.15) is 0 Å². The Hall–Kier alpha value is -1.99. The molecule has 0 saturated carbocycles. The van der Waals surface area contributed by atoms with Gasteiger partial charge in [0.25, 0.3) is 0 Å². The molecule has 22 heavy (non-hydrogen) atoms. The smallest absolute Gasteiger partial charge is 0.409 e. The highest BCUT2D eigenvalue weighted by Crippen LogP contribution is 2.04. The van der Waals surface area contributed by atoms with Crippen LogP contribution in [0.4, 0.5) is 9.59 Å². The number of nitrogens with one attached hydrogen (secondary N) is 1. The molecule has 1 aliphatic heterocycles. The zero-order chi connectivity index (χ0) is 16.5. The summed E-state index contributed by atoms with van der Waals surface area (Å²) in [7, 11) is 0. The number of hydrogen-bond donors (Lipinski definition) is 1. The van der Waals surface area contributed by atoms with Gasteiger partial charge >= 0.3 is 12.1 Å². The molecule has 4 amide bonds. The summed E-state index contributed by atoms with van der Waals surface area (Å²) in [5.74, 6) is -0.135. The lowest BCUT2D eigenvalue weighted by atomic mass is 10.3. The Balaban J connectivity index is 2.34.